The van der Waals surface area contributed by atoms with Crippen molar-refractivity contribution < 1.29 is 14.0 Å². The third-order valence-electron chi connectivity index (χ3n) is 3.09. The molecule has 0 saturated heterocycles. The van der Waals surface area contributed by atoms with Crippen LogP contribution in [0.4, 0.5) is 0 Å². The van der Waals surface area contributed by atoms with Crippen LogP contribution in [0.2, 0.25) is 0 Å². The lowest BCUT2D eigenvalue weighted by atomic mass is 9.97. The van der Waals surface area contributed by atoms with Crippen molar-refractivity contribution in [1.29, 1.82) is 0 Å². The monoisotopic (exact) mass is 291 g/mol. The van der Waals surface area contributed by atoms with Crippen LogP contribution in [0, 0.1) is 0 Å². The van der Waals surface area contributed by atoms with Crippen molar-refractivity contribution in [3.05, 3.63) is 35.5 Å². The van der Waals surface area contributed by atoms with Crippen LogP contribution in [0.3, 0.4) is 0 Å². The zero-order valence-electron chi connectivity index (χ0n) is 13.0. The molecule has 0 spiro atoms. The number of nitrogens with two attached hydrogens (primary N) is 1. The second-order valence-electron chi connectivity index (χ2n) is 5.83. The Labute approximate surface area is 124 Å². The van der Waals surface area contributed by atoms with Crippen LogP contribution in [-0.4, -0.2) is 24.4 Å². The van der Waals surface area contributed by atoms with Crippen LogP contribution in [0.15, 0.2) is 22.7 Å². The van der Waals surface area contributed by atoms with Gasteiger partial charge in [0.25, 0.3) is 0 Å². The van der Waals surface area contributed by atoms with Crippen LogP contribution in [0.25, 0.3) is 0 Å². The molecular weight excluding hydrogens is 270 g/mol. The van der Waals surface area contributed by atoms with E-state index in [1.54, 1.807) is 20.3 Å². The number of hydrogen-bond acceptors (Lipinski definition) is 6. The van der Waals surface area contributed by atoms with Gasteiger partial charge in [0, 0.05) is 11.5 Å². The van der Waals surface area contributed by atoms with Gasteiger partial charge in [0.15, 0.2) is 5.82 Å². The minimum Gasteiger partial charge on any atom is -0.497 e. The van der Waals surface area contributed by atoms with E-state index in [9.17, 15) is 0 Å². The van der Waals surface area contributed by atoms with Gasteiger partial charge in [-0.25, -0.2) is 0 Å². The summed E-state index contributed by atoms with van der Waals surface area (Å²) in [7, 11) is 3.19. The van der Waals surface area contributed by atoms with E-state index in [1.807, 2.05) is 32.9 Å². The number of nitrogens with zero attached hydrogens (tertiary/aromatic N) is 2. The predicted octanol–water partition coefficient (Wildman–Crippen LogP) is 2.43. The fourth-order valence-corrected chi connectivity index (χ4v) is 1.82. The second-order valence-corrected chi connectivity index (χ2v) is 5.83. The summed E-state index contributed by atoms with van der Waals surface area (Å²) in [5, 5.41) is 3.98. The maximum absolute atomic E-state index is 6.22. The molecule has 0 aliphatic carbocycles. The number of hydrogen-bond donors (Lipinski definition) is 1. The number of ether oxygens (including phenoxy) is 2. The zero-order chi connectivity index (χ0) is 15.6. The molecule has 0 saturated carbocycles. The van der Waals surface area contributed by atoms with E-state index in [2.05, 4.69) is 10.1 Å². The summed E-state index contributed by atoms with van der Waals surface area (Å²) in [4.78, 5) is 4.38. The van der Waals surface area contributed by atoms with Crippen molar-refractivity contribution in [1.82, 2.24) is 10.1 Å². The predicted molar refractivity (Wildman–Crippen MR) is 78.6 cm³/mol. The van der Waals surface area contributed by atoms with Gasteiger partial charge in [0.1, 0.15) is 11.5 Å². The fourth-order valence-electron chi connectivity index (χ4n) is 1.82. The molecule has 0 bridgehead atoms. The molecule has 0 radical (unpaired) electrons. The largest absolute Gasteiger partial charge is 0.497 e. The summed E-state index contributed by atoms with van der Waals surface area (Å²) in [5.41, 5.74) is 6.81. The average Bonchev–Trinajstić information content (AvgIpc) is 2.95. The summed E-state index contributed by atoms with van der Waals surface area (Å²) in [6.45, 7) is 6.01. The van der Waals surface area contributed by atoms with Gasteiger partial charge in [-0.3, -0.25) is 0 Å². The molecule has 1 heterocycles. The van der Waals surface area contributed by atoms with E-state index in [-0.39, 0.29) is 5.41 Å². The van der Waals surface area contributed by atoms with Gasteiger partial charge in [-0.2, -0.15) is 4.98 Å². The molecule has 2 rings (SSSR count). The first kappa shape index (κ1) is 15.3. The first-order valence-corrected chi connectivity index (χ1v) is 6.67. The van der Waals surface area contributed by atoms with E-state index in [0.29, 0.717) is 23.2 Å². The number of methoxy groups -OCH3 is 2. The van der Waals surface area contributed by atoms with Gasteiger partial charge < -0.3 is 19.7 Å². The number of rotatable bonds is 4. The maximum Gasteiger partial charge on any atom is 0.232 e. The molecule has 2 aromatic rings. The van der Waals surface area contributed by atoms with Crippen LogP contribution in [0.1, 0.15) is 44.1 Å². The minimum atomic E-state index is -0.506. The number of aromatic nitrogens is 2. The topological polar surface area (TPSA) is 83.4 Å². The van der Waals surface area contributed by atoms with E-state index in [0.717, 1.165) is 5.56 Å². The van der Waals surface area contributed by atoms with E-state index < -0.39 is 6.04 Å². The summed E-state index contributed by atoms with van der Waals surface area (Å²) in [6, 6.07) is 4.95. The Morgan fingerprint density at radius 2 is 1.67 bits per heavy atom. The summed E-state index contributed by atoms with van der Waals surface area (Å²) >= 11 is 0. The zero-order valence-corrected chi connectivity index (χ0v) is 13.0. The molecular formula is C15H21N3O3. The first-order valence-electron chi connectivity index (χ1n) is 6.67. The highest BCUT2D eigenvalue weighted by Gasteiger charge is 2.24. The molecule has 2 N–H and O–H groups in total. The van der Waals surface area contributed by atoms with Gasteiger partial charge in [-0.1, -0.05) is 25.9 Å². The third-order valence-corrected chi connectivity index (χ3v) is 3.09. The molecule has 0 fully saturated rings. The van der Waals surface area contributed by atoms with Crippen molar-refractivity contribution in [2.24, 2.45) is 5.73 Å². The molecule has 6 heteroatoms. The van der Waals surface area contributed by atoms with Crippen molar-refractivity contribution in [3.8, 4) is 11.5 Å². The second kappa shape index (κ2) is 5.73. The molecule has 1 aromatic carbocycles. The summed E-state index contributed by atoms with van der Waals surface area (Å²) < 4.78 is 15.8. The fraction of sp³-hybridized carbons (Fsp3) is 0.467. The van der Waals surface area contributed by atoms with Crippen LogP contribution in [0.5, 0.6) is 11.5 Å². The molecule has 0 aliphatic heterocycles. The molecule has 1 atom stereocenters. The Bertz CT molecular complexity index is 595. The molecule has 1 unspecified atom stereocenters. The first-order chi connectivity index (χ1) is 9.85. The Balaban J connectivity index is 2.35. The van der Waals surface area contributed by atoms with Gasteiger partial charge in [0.05, 0.1) is 20.3 Å². The highest BCUT2D eigenvalue weighted by molar-refractivity contribution is 5.41. The third kappa shape index (κ3) is 3.33. The highest BCUT2D eigenvalue weighted by atomic mass is 16.5. The standard InChI is InChI=1S/C15H21N3O3/c1-15(2,3)14-17-13(18-21-14)12(16)9-6-10(19-4)8-11(7-9)20-5/h6-8,12H,16H2,1-5H3. The average molecular weight is 291 g/mol. The SMILES string of the molecule is COc1cc(OC)cc(C(N)c2noc(C(C)(C)C)n2)c1. The lowest BCUT2D eigenvalue weighted by Gasteiger charge is -2.12. The van der Waals surface area contributed by atoms with Crippen molar-refractivity contribution in [2.75, 3.05) is 14.2 Å². The van der Waals surface area contributed by atoms with E-state index in [1.165, 1.54) is 0 Å². The van der Waals surface area contributed by atoms with Crippen LogP contribution in [-0.2, 0) is 5.41 Å². The van der Waals surface area contributed by atoms with E-state index >= 15 is 0 Å². The van der Waals surface area contributed by atoms with Crippen molar-refractivity contribution in [2.45, 2.75) is 32.2 Å². The molecule has 0 amide bonds. The summed E-state index contributed by atoms with van der Waals surface area (Å²) in [5.74, 6) is 2.33. The Morgan fingerprint density at radius 3 is 2.10 bits per heavy atom. The lowest BCUT2D eigenvalue weighted by Crippen LogP contribution is -2.16. The van der Waals surface area contributed by atoms with E-state index in [4.69, 9.17) is 19.7 Å². The quantitative estimate of drug-likeness (QED) is 0.931. The highest BCUT2D eigenvalue weighted by Crippen LogP contribution is 2.29. The van der Waals surface area contributed by atoms with Gasteiger partial charge in [-0.15, -0.1) is 0 Å². The normalized spacial score (nSPS) is 13.0. The number of benzene rings is 1. The van der Waals surface area contributed by atoms with Crippen LogP contribution >= 0.6 is 0 Å². The Morgan fingerprint density at radius 1 is 1.10 bits per heavy atom. The molecule has 6 nitrogen and oxygen atoms in total. The Kier molecular flexibility index (Phi) is 4.18. The van der Waals surface area contributed by atoms with Crippen LogP contribution < -0.4 is 15.2 Å². The summed E-state index contributed by atoms with van der Waals surface area (Å²) in [6.07, 6.45) is 0. The van der Waals surface area contributed by atoms with Crippen molar-refractivity contribution >= 4 is 0 Å². The lowest BCUT2D eigenvalue weighted by molar-refractivity contribution is 0.317. The molecule has 21 heavy (non-hydrogen) atoms. The maximum atomic E-state index is 6.22. The minimum absolute atomic E-state index is 0.211. The molecule has 0 aliphatic rings. The molecule has 114 valence electrons. The van der Waals surface area contributed by atoms with Crippen molar-refractivity contribution in [3.63, 3.8) is 0 Å². The smallest absolute Gasteiger partial charge is 0.232 e. The molecule has 1 aromatic heterocycles. The van der Waals surface area contributed by atoms with Gasteiger partial charge in [0.2, 0.25) is 5.89 Å². The van der Waals surface area contributed by atoms with Gasteiger partial charge in [-0.05, 0) is 17.7 Å². The Hall–Kier alpha value is -2.08. The van der Waals surface area contributed by atoms with Gasteiger partial charge >= 0.3 is 0 Å².